The van der Waals surface area contributed by atoms with Gasteiger partial charge in [-0.25, -0.2) is 9.37 Å². The summed E-state index contributed by atoms with van der Waals surface area (Å²) in [5, 5.41) is 17.7. The second-order valence-corrected chi connectivity index (χ2v) is 8.34. The Morgan fingerprint density at radius 2 is 2.09 bits per heavy atom. The molecule has 1 fully saturated rings. The molecule has 2 atom stereocenters. The standard InChI is InChI=1S/C23H21ClFN5O3/c24-17-9-26-22(28-19-13-33-12-15(19)11-31)7-21(17)29-6-5-20-16(23(29)32)8-27-30(20)10-14-3-1-2-4-18(14)25/h1-9,15,19,31H,10-13H2,(H,26,28)/t15?,19-/m1/s1. The summed E-state index contributed by atoms with van der Waals surface area (Å²) in [6.45, 7) is 1.14. The Kier molecular flexibility index (Phi) is 5.84. The third-order valence-corrected chi connectivity index (χ3v) is 6.14. The van der Waals surface area contributed by atoms with Gasteiger partial charge in [0, 0.05) is 23.7 Å². The molecule has 170 valence electrons. The number of hydrogen-bond acceptors (Lipinski definition) is 6. The lowest BCUT2D eigenvalue weighted by atomic mass is 10.1. The van der Waals surface area contributed by atoms with E-state index in [1.165, 1.54) is 23.0 Å². The summed E-state index contributed by atoms with van der Waals surface area (Å²) in [7, 11) is 0. The second kappa shape index (κ2) is 8.93. The minimum atomic E-state index is -0.325. The molecule has 8 nitrogen and oxygen atoms in total. The van der Waals surface area contributed by atoms with E-state index in [0.717, 1.165) is 0 Å². The van der Waals surface area contributed by atoms with Gasteiger partial charge in [0.2, 0.25) is 0 Å². The van der Waals surface area contributed by atoms with E-state index in [1.807, 2.05) is 0 Å². The monoisotopic (exact) mass is 469 g/mol. The molecule has 1 aromatic carbocycles. The summed E-state index contributed by atoms with van der Waals surface area (Å²) in [5.41, 5.74) is 1.24. The molecule has 1 unspecified atom stereocenters. The highest BCUT2D eigenvalue weighted by Crippen LogP contribution is 2.25. The minimum Gasteiger partial charge on any atom is -0.396 e. The Labute approximate surface area is 193 Å². The van der Waals surface area contributed by atoms with Crippen LogP contribution < -0.4 is 10.9 Å². The van der Waals surface area contributed by atoms with Gasteiger partial charge in [0.15, 0.2) is 0 Å². The maximum Gasteiger partial charge on any atom is 0.266 e. The van der Waals surface area contributed by atoms with Crippen molar-refractivity contribution in [2.45, 2.75) is 12.6 Å². The number of ether oxygens (including phenoxy) is 1. The van der Waals surface area contributed by atoms with E-state index in [1.54, 1.807) is 41.2 Å². The molecule has 0 radical (unpaired) electrons. The molecule has 0 bridgehead atoms. The van der Waals surface area contributed by atoms with Gasteiger partial charge in [0.1, 0.15) is 11.6 Å². The number of halogens is 2. The Morgan fingerprint density at radius 3 is 2.91 bits per heavy atom. The number of aromatic nitrogens is 4. The first kappa shape index (κ1) is 21.6. The van der Waals surface area contributed by atoms with Gasteiger partial charge >= 0.3 is 0 Å². The van der Waals surface area contributed by atoms with Crippen molar-refractivity contribution in [2.75, 3.05) is 25.1 Å². The van der Waals surface area contributed by atoms with E-state index in [2.05, 4.69) is 15.4 Å². The summed E-state index contributed by atoms with van der Waals surface area (Å²) in [6, 6.07) is 9.82. The summed E-state index contributed by atoms with van der Waals surface area (Å²) in [4.78, 5) is 17.6. The van der Waals surface area contributed by atoms with Crippen LogP contribution in [0.5, 0.6) is 0 Å². The molecule has 3 aromatic heterocycles. The predicted octanol–water partition coefficient (Wildman–Crippen LogP) is 2.84. The number of nitrogens with one attached hydrogen (secondary N) is 1. The first-order valence-electron chi connectivity index (χ1n) is 10.5. The van der Waals surface area contributed by atoms with Crippen molar-refractivity contribution in [1.82, 2.24) is 19.3 Å². The van der Waals surface area contributed by atoms with Crippen molar-refractivity contribution in [1.29, 1.82) is 0 Å². The topological polar surface area (TPSA) is 94.2 Å². The van der Waals surface area contributed by atoms with Crippen LogP contribution in [0.3, 0.4) is 0 Å². The lowest BCUT2D eigenvalue weighted by Gasteiger charge is -2.18. The maximum atomic E-state index is 14.1. The van der Waals surface area contributed by atoms with Crippen molar-refractivity contribution in [2.24, 2.45) is 5.92 Å². The second-order valence-electron chi connectivity index (χ2n) is 7.94. The Balaban J connectivity index is 1.48. The summed E-state index contributed by atoms with van der Waals surface area (Å²) < 4.78 is 22.5. The fourth-order valence-corrected chi connectivity index (χ4v) is 4.20. The number of anilines is 1. The van der Waals surface area contributed by atoms with Crippen molar-refractivity contribution in [3.63, 3.8) is 0 Å². The fourth-order valence-electron chi connectivity index (χ4n) is 4.00. The van der Waals surface area contributed by atoms with Crippen LogP contribution >= 0.6 is 11.6 Å². The van der Waals surface area contributed by atoms with Gasteiger partial charge in [-0.05, 0) is 12.1 Å². The smallest absolute Gasteiger partial charge is 0.266 e. The van der Waals surface area contributed by atoms with Crippen LogP contribution in [-0.4, -0.2) is 50.3 Å². The number of pyridine rings is 2. The van der Waals surface area contributed by atoms with E-state index in [9.17, 15) is 14.3 Å². The van der Waals surface area contributed by atoms with Gasteiger partial charge in [-0.2, -0.15) is 5.10 Å². The molecule has 4 heterocycles. The molecule has 0 aliphatic carbocycles. The molecule has 0 saturated carbocycles. The molecular formula is C23H21ClFN5O3. The third kappa shape index (κ3) is 4.10. The highest BCUT2D eigenvalue weighted by molar-refractivity contribution is 6.32. The molecule has 1 aliphatic heterocycles. The zero-order valence-corrected chi connectivity index (χ0v) is 18.2. The number of aliphatic hydroxyl groups excluding tert-OH is 1. The number of fused-ring (bicyclic) bond motifs is 1. The van der Waals surface area contributed by atoms with Gasteiger partial charge < -0.3 is 15.2 Å². The van der Waals surface area contributed by atoms with Crippen molar-refractivity contribution >= 4 is 28.3 Å². The zero-order chi connectivity index (χ0) is 22.9. The fraction of sp³-hybridized carbons (Fsp3) is 0.261. The van der Waals surface area contributed by atoms with E-state index in [0.29, 0.717) is 46.2 Å². The lowest BCUT2D eigenvalue weighted by molar-refractivity contribution is 0.161. The highest BCUT2D eigenvalue weighted by atomic mass is 35.5. The largest absolute Gasteiger partial charge is 0.396 e. The van der Waals surface area contributed by atoms with Crippen LogP contribution in [0, 0.1) is 11.7 Å². The Bertz CT molecular complexity index is 1370. The number of benzene rings is 1. The first-order chi connectivity index (χ1) is 16.0. The third-order valence-electron chi connectivity index (χ3n) is 5.85. The average Bonchev–Trinajstić information content (AvgIpc) is 3.44. The van der Waals surface area contributed by atoms with E-state index < -0.39 is 0 Å². The molecule has 5 rings (SSSR count). The average molecular weight is 470 g/mol. The lowest BCUT2D eigenvalue weighted by Crippen LogP contribution is -2.30. The predicted molar refractivity (Wildman–Crippen MR) is 122 cm³/mol. The van der Waals surface area contributed by atoms with Crippen LogP contribution in [0.4, 0.5) is 10.2 Å². The zero-order valence-electron chi connectivity index (χ0n) is 17.5. The van der Waals surface area contributed by atoms with Gasteiger partial charge in [-0.1, -0.05) is 29.8 Å². The van der Waals surface area contributed by atoms with E-state index in [4.69, 9.17) is 16.3 Å². The van der Waals surface area contributed by atoms with Crippen molar-refractivity contribution < 1.29 is 14.2 Å². The van der Waals surface area contributed by atoms with Crippen LogP contribution in [0.2, 0.25) is 5.02 Å². The van der Waals surface area contributed by atoms with Crippen molar-refractivity contribution in [3.05, 3.63) is 81.7 Å². The van der Waals surface area contributed by atoms with E-state index in [-0.39, 0.29) is 36.5 Å². The Hall–Kier alpha value is -3.27. The molecule has 2 N–H and O–H groups in total. The van der Waals surface area contributed by atoms with Crippen LogP contribution in [0.15, 0.2) is 59.8 Å². The molecule has 33 heavy (non-hydrogen) atoms. The number of aliphatic hydroxyl groups is 1. The Morgan fingerprint density at radius 1 is 1.24 bits per heavy atom. The quantitative estimate of drug-likeness (QED) is 0.451. The van der Waals surface area contributed by atoms with E-state index >= 15 is 0 Å². The maximum absolute atomic E-state index is 14.1. The highest BCUT2D eigenvalue weighted by Gasteiger charge is 2.28. The van der Waals surface area contributed by atoms with Crippen molar-refractivity contribution in [3.8, 4) is 5.69 Å². The molecule has 10 heteroatoms. The molecular weight excluding hydrogens is 449 g/mol. The summed E-state index contributed by atoms with van der Waals surface area (Å²) in [5.74, 6) is 0.157. The first-order valence-corrected chi connectivity index (χ1v) is 10.8. The van der Waals surface area contributed by atoms with Gasteiger partial charge in [0.25, 0.3) is 5.56 Å². The number of hydrogen-bond donors (Lipinski definition) is 2. The molecule has 1 saturated heterocycles. The van der Waals surface area contributed by atoms with Crippen LogP contribution in [0.25, 0.3) is 16.6 Å². The molecule has 0 amide bonds. The van der Waals surface area contributed by atoms with Gasteiger partial charge in [0.05, 0.1) is 66.4 Å². The number of nitrogens with zero attached hydrogens (tertiary/aromatic N) is 4. The number of rotatable bonds is 6. The molecule has 0 spiro atoms. The SMILES string of the molecule is O=c1c2cnn(Cc3ccccc3F)c2ccn1-c1cc(N[C@@H]2COCC2CO)ncc1Cl. The minimum absolute atomic E-state index is 0.00507. The van der Waals surface area contributed by atoms with Crippen LogP contribution in [0.1, 0.15) is 5.56 Å². The summed E-state index contributed by atoms with van der Waals surface area (Å²) in [6.07, 6.45) is 4.57. The molecule has 4 aromatic rings. The summed E-state index contributed by atoms with van der Waals surface area (Å²) >= 11 is 6.38. The normalized spacial score (nSPS) is 18.2. The van der Waals surface area contributed by atoms with Gasteiger partial charge in [-0.3, -0.25) is 14.0 Å². The van der Waals surface area contributed by atoms with Gasteiger partial charge in [-0.15, -0.1) is 0 Å². The van der Waals surface area contributed by atoms with Crippen LogP contribution in [-0.2, 0) is 11.3 Å². The molecule has 1 aliphatic rings.